The summed E-state index contributed by atoms with van der Waals surface area (Å²) < 4.78 is 20.4. The van der Waals surface area contributed by atoms with E-state index in [1.807, 2.05) is 18.2 Å². The summed E-state index contributed by atoms with van der Waals surface area (Å²) in [7, 11) is 0. The minimum atomic E-state index is -0.339. The molecule has 0 aliphatic carbocycles. The average molecular weight is 284 g/mol. The number of rotatable bonds is 3. The maximum Gasteiger partial charge on any atom is 0.243 e. The van der Waals surface area contributed by atoms with Crippen LogP contribution in [0.5, 0.6) is 5.75 Å². The van der Waals surface area contributed by atoms with Gasteiger partial charge in [0.25, 0.3) is 0 Å². The van der Waals surface area contributed by atoms with E-state index in [1.165, 1.54) is 22.3 Å². The van der Waals surface area contributed by atoms with Crippen LogP contribution in [0.3, 0.4) is 0 Å². The second kappa shape index (κ2) is 4.73. The van der Waals surface area contributed by atoms with Gasteiger partial charge in [-0.2, -0.15) is 4.98 Å². The number of hydrogen-bond acceptors (Lipinski definition) is 4. The first kappa shape index (κ1) is 12.1. The van der Waals surface area contributed by atoms with Gasteiger partial charge in [-0.25, -0.2) is 8.91 Å². The molecule has 0 spiro atoms. The molecule has 1 N–H and O–H groups in total. The van der Waals surface area contributed by atoms with Gasteiger partial charge in [0, 0.05) is 6.42 Å². The molecule has 1 aliphatic rings. The smallest absolute Gasteiger partial charge is 0.243 e. The second-order valence-electron chi connectivity index (χ2n) is 5.02. The van der Waals surface area contributed by atoms with E-state index < -0.39 is 0 Å². The topological polar surface area (TPSA) is 51.5 Å². The molecule has 0 saturated carbocycles. The van der Waals surface area contributed by atoms with Gasteiger partial charge in [-0.3, -0.25) is 0 Å². The van der Waals surface area contributed by atoms with E-state index in [0.29, 0.717) is 18.1 Å². The Balaban J connectivity index is 1.45. The first-order valence-electron chi connectivity index (χ1n) is 6.78. The molecule has 1 aromatic carbocycles. The number of nitrogens with one attached hydrogen (secondary N) is 1. The predicted octanol–water partition coefficient (Wildman–Crippen LogP) is 2.28. The maximum atomic E-state index is 13.1. The van der Waals surface area contributed by atoms with Gasteiger partial charge in [0.2, 0.25) is 5.95 Å². The lowest BCUT2D eigenvalue weighted by molar-refractivity contribution is 0.246. The number of halogens is 1. The molecule has 21 heavy (non-hydrogen) atoms. The van der Waals surface area contributed by atoms with E-state index in [0.717, 1.165) is 12.2 Å². The van der Waals surface area contributed by atoms with Crippen LogP contribution < -0.4 is 10.1 Å². The van der Waals surface area contributed by atoms with Crippen LogP contribution in [0.4, 0.5) is 10.3 Å². The van der Waals surface area contributed by atoms with Crippen LogP contribution in [0, 0.1) is 5.82 Å². The number of aromatic nitrogens is 3. The number of para-hydroxylation sites is 1. The number of fused-ring (bicyclic) bond motifs is 2. The van der Waals surface area contributed by atoms with Crippen LogP contribution in [0.2, 0.25) is 0 Å². The van der Waals surface area contributed by atoms with Gasteiger partial charge in [0.15, 0.2) is 5.65 Å². The van der Waals surface area contributed by atoms with E-state index in [4.69, 9.17) is 4.74 Å². The van der Waals surface area contributed by atoms with Crippen molar-refractivity contribution in [2.24, 2.45) is 0 Å². The van der Waals surface area contributed by atoms with Gasteiger partial charge in [-0.1, -0.05) is 18.2 Å². The van der Waals surface area contributed by atoms with Crippen molar-refractivity contribution >= 4 is 11.6 Å². The third kappa shape index (κ3) is 2.29. The molecule has 1 unspecified atom stereocenters. The number of pyridine rings is 1. The number of nitrogens with zero attached hydrogens (tertiary/aromatic N) is 3. The number of benzene rings is 1. The van der Waals surface area contributed by atoms with Crippen molar-refractivity contribution in [3.05, 3.63) is 54.0 Å². The van der Waals surface area contributed by atoms with Gasteiger partial charge >= 0.3 is 0 Å². The number of ether oxygens (including phenoxy) is 1. The van der Waals surface area contributed by atoms with Gasteiger partial charge in [0.05, 0.1) is 12.7 Å². The summed E-state index contributed by atoms with van der Waals surface area (Å²) >= 11 is 0. The third-order valence-electron chi connectivity index (χ3n) is 3.50. The molecule has 0 amide bonds. The summed E-state index contributed by atoms with van der Waals surface area (Å²) in [6.07, 6.45) is 2.23. The number of hydrogen-bond donors (Lipinski definition) is 1. The zero-order chi connectivity index (χ0) is 14.2. The molecule has 4 rings (SSSR count). The van der Waals surface area contributed by atoms with Crippen LogP contribution in [0.1, 0.15) is 5.56 Å². The molecular formula is C15H13FN4O. The lowest BCUT2D eigenvalue weighted by atomic mass is 10.1. The largest absolute Gasteiger partial charge is 0.488 e. The summed E-state index contributed by atoms with van der Waals surface area (Å²) in [5, 5.41) is 7.32. The van der Waals surface area contributed by atoms with Crippen LogP contribution >= 0.6 is 0 Å². The zero-order valence-electron chi connectivity index (χ0n) is 11.2. The van der Waals surface area contributed by atoms with E-state index in [9.17, 15) is 4.39 Å². The van der Waals surface area contributed by atoms with Gasteiger partial charge in [0.1, 0.15) is 17.7 Å². The van der Waals surface area contributed by atoms with Crippen molar-refractivity contribution < 1.29 is 9.13 Å². The summed E-state index contributed by atoms with van der Waals surface area (Å²) in [5.74, 6) is 1.07. The molecule has 3 aromatic rings. The van der Waals surface area contributed by atoms with Gasteiger partial charge in [-0.05, 0) is 23.8 Å². The highest BCUT2D eigenvalue weighted by atomic mass is 19.1. The van der Waals surface area contributed by atoms with E-state index >= 15 is 0 Å². The minimum Gasteiger partial charge on any atom is -0.488 e. The molecule has 1 aliphatic heterocycles. The highest BCUT2D eigenvalue weighted by Crippen LogP contribution is 2.28. The van der Waals surface area contributed by atoms with Crippen LogP contribution in [0.25, 0.3) is 5.65 Å². The van der Waals surface area contributed by atoms with E-state index in [-0.39, 0.29) is 11.9 Å². The van der Waals surface area contributed by atoms with E-state index in [2.05, 4.69) is 21.5 Å². The molecule has 2 aromatic heterocycles. The molecule has 0 radical (unpaired) electrons. The summed E-state index contributed by atoms with van der Waals surface area (Å²) in [4.78, 5) is 4.28. The maximum absolute atomic E-state index is 13.1. The minimum absolute atomic E-state index is 0.0609. The van der Waals surface area contributed by atoms with Crippen LogP contribution in [-0.4, -0.2) is 27.2 Å². The Kier molecular flexibility index (Phi) is 2.73. The first-order valence-corrected chi connectivity index (χ1v) is 6.78. The standard InChI is InChI=1S/C15H13FN4O/c16-11-5-6-14-18-15(19-20(14)9-11)17-8-12-7-10-3-1-2-4-13(10)21-12/h1-6,9,12H,7-8H2,(H,17,19). The zero-order valence-corrected chi connectivity index (χ0v) is 11.2. The normalized spacial score (nSPS) is 16.7. The summed E-state index contributed by atoms with van der Waals surface area (Å²) in [6, 6.07) is 11.0. The summed E-state index contributed by atoms with van der Waals surface area (Å²) in [5.41, 5.74) is 1.82. The Bertz CT molecular complexity index is 776. The Labute approximate surface area is 120 Å². The van der Waals surface area contributed by atoms with Crippen molar-refractivity contribution in [1.29, 1.82) is 0 Å². The van der Waals surface area contributed by atoms with E-state index in [1.54, 1.807) is 6.07 Å². The Morgan fingerprint density at radius 1 is 1.29 bits per heavy atom. The molecule has 106 valence electrons. The van der Waals surface area contributed by atoms with Crippen LogP contribution in [0.15, 0.2) is 42.6 Å². The molecule has 0 saturated heterocycles. The van der Waals surface area contributed by atoms with Crippen molar-refractivity contribution in [1.82, 2.24) is 14.6 Å². The number of anilines is 1. The molecule has 5 nitrogen and oxygen atoms in total. The fourth-order valence-corrected chi connectivity index (χ4v) is 2.51. The average Bonchev–Trinajstić information content (AvgIpc) is 3.07. The van der Waals surface area contributed by atoms with Crippen molar-refractivity contribution in [2.45, 2.75) is 12.5 Å². The lowest BCUT2D eigenvalue weighted by Crippen LogP contribution is -2.24. The SMILES string of the molecule is Fc1ccc2nc(NCC3Cc4ccccc4O3)nn2c1. The predicted molar refractivity (Wildman–Crippen MR) is 76.0 cm³/mol. The third-order valence-corrected chi connectivity index (χ3v) is 3.50. The molecule has 6 heteroatoms. The molecule has 3 heterocycles. The first-order chi connectivity index (χ1) is 10.3. The Morgan fingerprint density at radius 2 is 2.19 bits per heavy atom. The molecule has 0 fully saturated rings. The Hall–Kier alpha value is -2.63. The fourth-order valence-electron chi connectivity index (χ4n) is 2.51. The molecule has 1 atom stereocenters. The molecule has 0 bridgehead atoms. The van der Waals surface area contributed by atoms with Crippen LogP contribution in [-0.2, 0) is 6.42 Å². The highest BCUT2D eigenvalue weighted by molar-refractivity contribution is 5.43. The fraction of sp³-hybridized carbons (Fsp3) is 0.200. The van der Waals surface area contributed by atoms with Crippen molar-refractivity contribution in [3.8, 4) is 5.75 Å². The molecular weight excluding hydrogens is 271 g/mol. The lowest BCUT2D eigenvalue weighted by Gasteiger charge is -2.10. The highest BCUT2D eigenvalue weighted by Gasteiger charge is 2.22. The summed E-state index contributed by atoms with van der Waals surface area (Å²) in [6.45, 7) is 0.605. The van der Waals surface area contributed by atoms with Gasteiger partial charge < -0.3 is 10.1 Å². The van der Waals surface area contributed by atoms with Crippen molar-refractivity contribution in [2.75, 3.05) is 11.9 Å². The van der Waals surface area contributed by atoms with Crippen molar-refractivity contribution in [3.63, 3.8) is 0 Å². The monoisotopic (exact) mass is 284 g/mol. The quantitative estimate of drug-likeness (QED) is 0.801. The second-order valence-corrected chi connectivity index (χ2v) is 5.02. The Morgan fingerprint density at radius 3 is 3.10 bits per heavy atom. The van der Waals surface area contributed by atoms with Gasteiger partial charge in [-0.15, -0.1) is 5.10 Å².